The van der Waals surface area contributed by atoms with Crippen molar-refractivity contribution >= 4 is 11.3 Å². The summed E-state index contributed by atoms with van der Waals surface area (Å²) in [5.41, 5.74) is 2.30. The highest BCUT2D eigenvalue weighted by atomic mass is 32.1. The van der Waals surface area contributed by atoms with Crippen LogP contribution in [0.5, 0.6) is 0 Å². The molecular weight excluding hydrogens is 250 g/mol. The first kappa shape index (κ1) is 15.1. The molecule has 0 amide bonds. The summed E-state index contributed by atoms with van der Waals surface area (Å²) in [6.45, 7) is 12.8. The van der Waals surface area contributed by atoms with Crippen LogP contribution in [-0.2, 0) is 0 Å². The van der Waals surface area contributed by atoms with Crippen molar-refractivity contribution in [1.29, 1.82) is 0 Å². The first-order valence-corrected chi connectivity index (χ1v) is 8.48. The lowest BCUT2D eigenvalue weighted by molar-refractivity contribution is 0.154. The van der Waals surface area contributed by atoms with E-state index in [9.17, 15) is 0 Å². The Morgan fingerprint density at radius 3 is 2.68 bits per heavy atom. The van der Waals surface area contributed by atoms with Gasteiger partial charge in [0.1, 0.15) is 0 Å². The van der Waals surface area contributed by atoms with Gasteiger partial charge in [0.05, 0.1) is 0 Å². The molecule has 0 bridgehead atoms. The summed E-state index contributed by atoms with van der Waals surface area (Å²) in [5, 5.41) is 8.30. The van der Waals surface area contributed by atoms with Gasteiger partial charge in [-0.15, -0.1) is 0 Å². The number of nitrogens with one attached hydrogen (secondary N) is 1. The van der Waals surface area contributed by atoms with Crippen LogP contribution < -0.4 is 5.32 Å². The van der Waals surface area contributed by atoms with Gasteiger partial charge in [0.15, 0.2) is 0 Å². The van der Waals surface area contributed by atoms with E-state index in [1.54, 1.807) is 5.56 Å². The quantitative estimate of drug-likeness (QED) is 0.816. The summed E-state index contributed by atoms with van der Waals surface area (Å²) in [6.07, 6.45) is 4.06. The van der Waals surface area contributed by atoms with Crippen LogP contribution in [0.4, 0.5) is 0 Å². The first-order chi connectivity index (χ1) is 8.77. The minimum absolute atomic E-state index is 0.228. The van der Waals surface area contributed by atoms with Gasteiger partial charge in [-0.1, -0.05) is 13.8 Å². The molecule has 108 valence electrons. The monoisotopic (exact) mass is 279 g/mol. The molecule has 1 N–H and O–H groups in total. The summed E-state index contributed by atoms with van der Waals surface area (Å²) in [5.74, 6) is 1.53. The predicted molar refractivity (Wildman–Crippen MR) is 85.9 cm³/mol. The fourth-order valence-electron chi connectivity index (χ4n) is 3.20. The van der Waals surface area contributed by atoms with E-state index >= 15 is 0 Å². The lowest BCUT2D eigenvalue weighted by Crippen LogP contribution is -2.42. The fraction of sp³-hybridized carbons (Fsp3) is 0.765. The van der Waals surface area contributed by atoms with Crippen LogP contribution in [0.1, 0.15) is 65.4 Å². The Kier molecular flexibility index (Phi) is 4.42. The summed E-state index contributed by atoms with van der Waals surface area (Å²) in [7, 11) is 0. The van der Waals surface area contributed by atoms with Gasteiger partial charge in [-0.05, 0) is 86.2 Å². The molecule has 1 aliphatic carbocycles. The van der Waals surface area contributed by atoms with Crippen LogP contribution in [0.2, 0.25) is 0 Å². The Balaban J connectivity index is 2.08. The maximum Gasteiger partial charge on any atom is 0.00966 e. The zero-order chi connectivity index (χ0) is 14.1. The minimum Gasteiger partial charge on any atom is -0.312 e. The van der Waals surface area contributed by atoms with Crippen molar-refractivity contribution in [2.45, 2.75) is 65.3 Å². The highest BCUT2D eigenvalue weighted by Gasteiger charge is 2.36. The number of thiophene rings is 1. The Hall–Kier alpha value is -0.340. The average Bonchev–Trinajstić information content (AvgIpc) is 2.78. The number of rotatable bonds is 3. The van der Waals surface area contributed by atoms with E-state index in [-0.39, 0.29) is 5.54 Å². The van der Waals surface area contributed by atoms with Crippen molar-refractivity contribution in [3.63, 3.8) is 0 Å². The second kappa shape index (κ2) is 5.57. The molecule has 1 aliphatic rings. The second-order valence-corrected chi connectivity index (χ2v) is 8.74. The van der Waals surface area contributed by atoms with Gasteiger partial charge in [-0.25, -0.2) is 0 Å². The van der Waals surface area contributed by atoms with Crippen LogP contribution in [0, 0.1) is 11.3 Å². The van der Waals surface area contributed by atoms with E-state index in [0.717, 1.165) is 18.4 Å². The Labute approximate surface area is 122 Å². The summed E-state index contributed by atoms with van der Waals surface area (Å²) >= 11 is 1.84. The molecule has 1 saturated carbocycles. The molecule has 0 spiro atoms. The summed E-state index contributed by atoms with van der Waals surface area (Å²) in [6, 6.07) is 2.33. The molecule has 2 atom stereocenters. The zero-order valence-electron chi connectivity index (χ0n) is 13.1. The van der Waals surface area contributed by atoms with Gasteiger partial charge in [-0.2, -0.15) is 11.3 Å². The van der Waals surface area contributed by atoms with Gasteiger partial charge in [0.25, 0.3) is 0 Å². The van der Waals surface area contributed by atoms with Crippen molar-refractivity contribution in [3.05, 3.63) is 22.4 Å². The van der Waals surface area contributed by atoms with E-state index in [1.807, 2.05) is 11.3 Å². The predicted octanol–water partition coefficient (Wildman–Crippen LogP) is 5.05. The van der Waals surface area contributed by atoms with Gasteiger partial charge in [0.2, 0.25) is 0 Å². The van der Waals surface area contributed by atoms with Gasteiger partial charge >= 0.3 is 0 Å². The van der Waals surface area contributed by atoms with Crippen LogP contribution in [0.15, 0.2) is 16.8 Å². The van der Waals surface area contributed by atoms with Crippen LogP contribution in [0.3, 0.4) is 0 Å². The number of hydrogen-bond acceptors (Lipinski definition) is 2. The van der Waals surface area contributed by atoms with E-state index in [2.05, 4.69) is 56.8 Å². The lowest BCUT2D eigenvalue weighted by Gasteiger charge is -2.42. The maximum atomic E-state index is 3.71. The normalized spacial score (nSPS) is 27.4. The molecule has 2 unspecified atom stereocenters. The molecule has 2 heteroatoms. The smallest absolute Gasteiger partial charge is 0.00966 e. The molecule has 2 rings (SSSR count). The largest absolute Gasteiger partial charge is 0.312 e. The van der Waals surface area contributed by atoms with E-state index in [4.69, 9.17) is 0 Å². The number of hydrogen-bond donors (Lipinski definition) is 1. The van der Waals surface area contributed by atoms with Crippen LogP contribution in [-0.4, -0.2) is 12.1 Å². The topological polar surface area (TPSA) is 12.0 Å². The molecule has 0 aliphatic heterocycles. The highest BCUT2D eigenvalue weighted by Crippen LogP contribution is 2.46. The third-order valence-corrected chi connectivity index (χ3v) is 5.10. The average molecular weight is 279 g/mol. The molecule has 0 saturated heterocycles. The molecular formula is C17H29NS. The molecule has 1 aromatic heterocycles. The van der Waals surface area contributed by atoms with Gasteiger partial charge < -0.3 is 5.32 Å². The van der Waals surface area contributed by atoms with Gasteiger partial charge in [-0.3, -0.25) is 0 Å². The van der Waals surface area contributed by atoms with E-state index < -0.39 is 0 Å². The molecule has 0 radical (unpaired) electrons. The molecule has 1 heterocycles. The SMILES string of the molecule is CC1(C)CCC(CNC(C)(C)C)C(c2ccsc2)C1. The highest BCUT2D eigenvalue weighted by molar-refractivity contribution is 7.07. The van der Waals surface area contributed by atoms with E-state index in [0.29, 0.717) is 5.41 Å². The molecule has 1 nitrogen and oxygen atoms in total. The van der Waals surface area contributed by atoms with Crippen molar-refractivity contribution in [1.82, 2.24) is 5.32 Å². The molecule has 1 fully saturated rings. The first-order valence-electron chi connectivity index (χ1n) is 7.54. The Bertz CT molecular complexity index is 386. The second-order valence-electron chi connectivity index (χ2n) is 7.96. The lowest BCUT2D eigenvalue weighted by atomic mass is 9.65. The van der Waals surface area contributed by atoms with Crippen molar-refractivity contribution in [3.8, 4) is 0 Å². The maximum absolute atomic E-state index is 3.71. The fourth-order valence-corrected chi connectivity index (χ4v) is 3.92. The minimum atomic E-state index is 0.228. The van der Waals surface area contributed by atoms with Crippen molar-refractivity contribution in [2.24, 2.45) is 11.3 Å². The summed E-state index contributed by atoms with van der Waals surface area (Å²) < 4.78 is 0. The van der Waals surface area contributed by atoms with Crippen molar-refractivity contribution in [2.75, 3.05) is 6.54 Å². The third-order valence-electron chi connectivity index (χ3n) is 4.40. The van der Waals surface area contributed by atoms with Crippen molar-refractivity contribution < 1.29 is 0 Å². The zero-order valence-corrected chi connectivity index (χ0v) is 13.9. The van der Waals surface area contributed by atoms with Crippen LogP contribution >= 0.6 is 11.3 Å². The van der Waals surface area contributed by atoms with Crippen LogP contribution in [0.25, 0.3) is 0 Å². The van der Waals surface area contributed by atoms with E-state index in [1.165, 1.54) is 19.3 Å². The Morgan fingerprint density at radius 1 is 1.37 bits per heavy atom. The standard InChI is InChI=1S/C17H29NS/c1-16(2,3)18-11-13-6-8-17(4,5)10-15(13)14-7-9-19-12-14/h7,9,12-13,15,18H,6,8,10-11H2,1-5H3. The third kappa shape index (κ3) is 4.32. The molecule has 1 aromatic rings. The molecule has 0 aromatic carbocycles. The van der Waals surface area contributed by atoms with Gasteiger partial charge in [0, 0.05) is 5.54 Å². The molecule has 19 heavy (non-hydrogen) atoms. The summed E-state index contributed by atoms with van der Waals surface area (Å²) in [4.78, 5) is 0. The Morgan fingerprint density at radius 2 is 2.11 bits per heavy atom.